The fourth-order valence-electron chi connectivity index (χ4n) is 2.22. The van der Waals surface area contributed by atoms with E-state index in [9.17, 15) is 8.42 Å². The molecule has 8 heteroatoms. The van der Waals surface area contributed by atoms with Crippen molar-refractivity contribution in [2.75, 3.05) is 19.6 Å². The van der Waals surface area contributed by atoms with Crippen LogP contribution in [0.15, 0.2) is 21.5 Å². The minimum atomic E-state index is -3.69. The van der Waals surface area contributed by atoms with E-state index < -0.39 is 10.0 Å². The van der Waals surface area contributed by atoms with Crippen LogP contribution in [0, 0.1) is 5.92 Å². The predicted molar refractivity (Wildman–Crippen MR) is 84.9 cm³/mol. The lowest BCUT2D eigenvalue weighted by Gasteiger charge is -2.12. The summed E-state index contributed by atoms with van der Waals surface area (Å²) in [5.74, 6) is 0.522. The summed E-state index contributed by atoms with van der Waals surface area (Å²) in [6.45, 7) is 2.33. The standard InChI is InChI=1S/C12H15BrCl2N2O2S/c13-9-5-10(14)12(11(15)6-9)20(18,19)17-4-2-8-1-3-16-7-8/h5-6,8,16-17H,1-4,7H2. The lowest BCUT2D eigenvalue weighted by molar-refractivity contribution is 0.519. The van der Waals surface area contributed by atoms with Crippen LogP contribution in [0.25, 0.3) is 0 Å². The Morgan fingerprint density at radius 3 is 2.55 bits per heavy atom. The normalized spacial score (nSPS) is 19.4. The fraction of sp³-hybridized carbons (Fsp3) is 0.500. The molecule has 1 aromatic rings. The largest absolute Gasteiger partial charge is 0.316 e. The maximum absolute atomic E-state index is 12.2. The van der Waals surface area contributed by atoms with Gasteiger partial charge in [-0.25, -0.2) is 13.1 Å². The van der Waals surface area contributed by atoms with Gasteiger partial charge in [0, 0.05) is 11.0 Å². The van der Waals surface area contributed by atoms with Crippen molar-refractivity contribution < 1.29 is 8.42 Å². The van der Waals surface area contributed by atoms with Crippen LogP contribution in [0.3, 0.4) is 0 Å². The average molecular weight is 402 g/mol. The van der Waals surface area contributed by atoms with Crippen LogP contribution in [0.5, 0.6) is 0 Å². The Hall–Kier alpha value is 0.150. The topological polar surface area (TPSA) is 58.2 Å². The number of nitrogens with one attached hydrogen (secondary N) is 2. The van der Waals surface area contributed by atoms with E-state index in [1.54, 1.807) is 0 Å². The molecule has 1 aliphatic heterocycles. The molecule has 20 heavy (non-hydrogen) atoms. The first kappa shape index (κ1) is 16.5. The van der Waals surface area contributed by atoms with Gasteiger partial charge in [-0.1, -0.05) is 39.1 Å². The van der Waals surface area contributed by atoms with E-state index in [-0.39, 0.29) is 14.9 Å². The quantitative estimate of drug-likeness (QED) is 0.797. The molecule has 1 fully saturated rings. The van der Waals surface area contributed by atoms with E-state index in [0.717, 1.165) is 25.9 Å². The minimum Gasteiger partial charge on any atom is -0.316 e. The summed E-state index contributed by atoms with van der Waals surface area (Å²) in [5.41, 5.74) is 0. The molecule has 0 aliphatic carbocycles. The maximum Gasteiger partial charge on any atom is 0.243 e. The Kier molecular flexibility index (Phi) is 5.73. The molecule has 1 aromatic carbocycles. The van der Waals surface area contributed by atoms with E-state index in [0.29, 0.717) is 16.9 Å². The third kappa shape index (κ3) is 4.08. The van der Waals surface area contributed by atoms with Gasteiger partial charge in [-0.3, -0.25) is 0 Å². The summed E-state index contributed by atoms with van der Waals surface area (Å²) >= 11 is 15.2. The molecule has 0 amide bonds. The Morgan fingerprint density at radius 2 is 2.00 bits per heavy atom. The highest BCUT2D eigenvalue weighted by Gasteiger charge is 2.23. The van der Waals surface area contributed by atoms with E-state index >= 15 is 0 Å². The van der Waals surface area contributed by atoms with Crippen molar-refractivity contribution in [3.8, 4) is 0 Å². The molecule has 4 nitrogen and oxygen atoms in total. The van der Waals surface area contributed by atoms with E-state index in [2.05, 4.69) is 26.0 Å². The Labute approximate surface area is 137 Å². The molecule has 0 aromatic heterocycles. The van der Waals surface area contributed by atoms with Gasteiger partial charge in [0.1, 0.15) is 4.90 Å². The first-order valence-corrected chi connectivity index (χ1v) is 9.28. The zero-order valence-corrected chi connectivity index (χ0v) is 14.5. The van der Waals surface area contributed by atoms with Gasteiger partial charge in [0.05, 0.1) is 10.0 Å². The van der Waals surface area contributed by atoms with Gasteiger partial charge < -0.3 is 5.32 Å². The molecule has 1 saturated heterocycles. The lowest BCUT2D eigenvalue weighted by Crippen LogP contribution is -2.27. The van der Waals surface area contributed by atoms with Gasteiger partial charge >= 0.3 is 0 Å². The van der Waals surface area contributed by atoms with Gasteiger partial charge in [0.15, 0.2) is 0 Å². The van der Waals surface area contributed by atoms with Gasteiger partial charge in [0.2, 0.25) is 10.0 Å². The lowest BCUT2D eigenvalue weighted by atomic mass is 10.1. The number of halogens is 3. The Morgan fingerprint density at radius 1 is 1.35 bits per heavy atom. The smallest absolute Gasteiger partial charge is 0.243 e. The van der Waals surface area contributed by atoms with Gasteiger partial charge in [-0.05, 0) is 44.0 Å². The van der Waals surface area contributed by atoms with Crippen LogP contribution in [0.4, 0.5) is 0 Å². The van der Waals surface area contributed by atoms with Crippen LogP contribution < -0.4 is 10.0 Å². The summed E-state index contributed by atoms with van der Waals surface area (Å²) in [6.07, 6.45) is 1.89. The van der Waals surface area contributed by atoms with Crippen LogP contribution >= 0.6 is 39.1 Å². The predicted octanol–water partition coefficient (Wildman–Crippen LogP) is 3.03. The number of sulfonamides is 1. The van der Waals surface area contributed by atoms with Crippen LogP contribution in [-0.4, -0.2) is 28.1 Å². The van der Waals surface area contributed by atoms with E-state index in [1.807, 2.05) is 0 Å². The molecular weight excluding hydrogens is 387 g/mol. The second-order valence-corrected chi connectivity index (χ2v) is 8.18. The molecule has 2 N–H and O–H groups in total. The number of hydrogen-bond donors (Lipinski definition) is 2. The summed E-state index contributed by atoms with van der Waals surface area (Å²) in [7, 11) is -3.69. The van der Waals surface area contributed by atoms with Gasteiger partial charge in [0.25, 0.3) is 0 Å². The van der Waals surface area contributed by atoms with Crippen molar-refractivity contribution in [3.05, 3.63) is 26.7 Å². The highest BCUT2D eigenvalue weighted by atomic mass is 79.9. The molecule has 1 aliphatic rings. The molecule has 1 heterocycles. The molecule has 0 radical (unpaired) electrons. The molecule has 112 valence electrons. The Balaban J connectivity index is 2.06. The summed E-state index contributed by atoms with van der Waals surface area (Å²) in [6, 6.07) is 3.03. The number of rotatable bonds is 5. The summed E-state index contributed by atoms with van der Waals surface area (Å²) < 4.78 is 27.7. The molecule has 1 atom stereocenters. The van der Waals surface area contributed by atoms with Crippen molar-refractivity contribution in [1.82, 2.24) is 10.0 Å². The maximum atomic E-state index is 12.2. The van der Waals surface area contributed by atoms with Crippen molar-refractivity contribution in [3.63, 3.8) is 0 Å². The molecule has 2 rings (SSSR count). The van der Waals surface area contributed by atoms with Crippen LogP contribution in [0.2, 0.25) is 10.0 Å². The monoisotopic (exact) mass is 400 g/mol. The first-order chi connectivity index (χ1) is 9.40. The third-order valence-corrected chi connectivity index (χ3v) is 6.08. The second kappa shape index (κ2) is 6.94. The zero-order valence-electron chi connectivity index (χ0n) is 10.6. The van der Waals surface area contributed by atoms with Crippen molar-refractivity contribution >= 4 is 49.2 Å². The highest BCUT2D eigenvalue weighted by molar-refractivity contribution is 9.10. The molecule has 1 unspecified atom stereocenters. The summed E-state index contributed by atoms with van der Waals surface area (Å²) in [5, 5.41) is 3.47. The van der Waals surface area contributed by atoms with Crippen LogP contribution in [-0.2, 0) is 10.0 Å². The first-order valence-electron chi connectivity index (χ1n) is 6.25. The summed E-state index contributed by atoms with van der Waals surface area (Å²) in [4.78, 5) is -0.0615. The molecule has 0 bridgehead atoms. The minimum absolute atomic E-state index is 0.0615. The highest BCUT2D eigenvalue weighted by Crippen LogP contribution is 2.32. The van der Waals surface area contributed by atoms with Crippen molar-refractivity contribution in [2.24, 2.45) is 5.92 Å². The fourth-order valence-corrected chi connectivity index (χ4v) is 5.20. The van der Waals surface area contributed by atoms with Crippen molar-refractivity contribution in [2.45, 2.75) is 17.7 Å². The van der Waals surface area contributed by atoms with E-state index in [1.165, 1.54) is 12.1 Å². The van der Waals surface area contributed by atoms with E-state index in [4.69, 9.17) is 23.2 Å². The third-order valence-electron chi connectivity index (χ3n) is 3.24. The molecule has 0 saturated carbocycles. The Bertz CT molecular complexity index is 566. The number of hydrogen-bond acceptors (Lipinski definition) is 3. The van der Waals surface area contributed by atoms with Crippen molar-refractivity contribution in [1.29, 1.82) is 0 Å². The zero-order chi connectivity index (χ0) is 14.8. The molecule has 0 spiro atoms. The van der Waals surface area contributed by atoms with Crippen LogP contribution in [0.1, 0.15) is 12.8 Å². The van der Waals surface area contributed by atoms with Gasteiger partial charge in [-0.15, -0.1) is 0 Å². The number of benzene rings is 1. The SMILES string of the molecule is O=S(=O)(NCCC1CCNC1)c1c(Cl)cc(Br)cc1Cl. The van der Waals surface area contributed by atoms with Gasteiger partial charge in [-0.2, -0.15) is 0 Å². The molecular formula is C12H15BrCl2N2O2S. The average Bonchev–Trinajstić information content (AvgIpc) is 2.79. The second-order valence-electron chi connectivity index (χ2n) is 4.74.